The summed E-state index contributed by atoms with van der Waals surface area (Å²) in [5, 5.41) is 10.5. The lowest BCUT2D eigenvalue weighted by atomic mass is 9.39. The van der Waals surface area contributed by atoms with Crippen LogP contribution in [0.15, 0.2) is 109 Å². The average Bonchev–Trinajstić information content (AvgIpc) is 3.09. The molecule has 0 spiro atoms. The van der Waals surface area contributed by atoms with E-state index in [9.17, 15) is 5.26 Å². The molecule has 3 fully saturated rings. The van der Waals surface area contributed by atoms with E-state index in [0.717, 1.165) is 45.7 Å². The zero-order valence-electron chi connectivity index (χ0n) is 25.8. The van der Waals surface area contributed by atoms with Gasteiger partial charge in [0.05, 0.1) is 11.1 Å². The summed E-state index contributed by atoms with van der Waals surface area (Å²) < 4.78 is 0. The number of fused-ring (bicyclic) bond motifs is 1. The van der Waals surface area contributed by atoms with E-state index >= 15 is 0 Å². The second kappa shape index (κ2) is 10.4. The molecule has 0 radical (unpaired) electrons. The molecule has 6 aromatic rings. The summed E-state index contributed by atoms with van der Waals surface area (Å²) >= 11 is 0. The summed E-state index contributed by atoms with van der Waals surface area (Å²) in [5.74, 6) is 5.78. The predicted octanol–water partition coefficient (Wildman–Crippen LogP) is 9.28. The van der Waals surface area contributed by atoms with E-state index in [4.69, 9.17) is 15.0 Å². The molecule has 9 rings (SSSR count). The van der Waals surface area contributed by atoms with Crippen molar-refractivity contribution >= 4 is 10.9 Å². The first-order valence-corrected chi connectivity index (χ1v) is 16.4. The van der Waals surface area contributed by atoms with E-state index < -0.39 is 0 Å². The van der Waals surface area contributed by atoms with Crippen molar-refractivity contribution in [2.45, 2.75) is 38.0 Å². The van der Waals surface area contributed by atoms with Gasteiger partial charge in [0.1, 0.15) is 6.07 Å². The Morgan fingerprint density at radius 2 is 1.24 bits per heavy atom. The highest BCUT2D eigenvalue weighted by Crippen LogP contribution is 2.67. The van der Waals surface area contributed by atoms with Crippen LogP contribution in [-0.2, 0) is 5.41 Å². The number of pyridine rings is 1. The monoisotopic (exact) mass is 595 g/mol. The summed E-state index contributed by atoms with van der Waals surface area (Å²) in [6.45, 7) is 2.50. The Morgan fingerprint density at radius 3 is 1.89 bits per heavy atom. The third kappa shape index (κ3) is 4.35. The average molecular weight is 596 g/mol. The predicted molar refractivity (Wildman–Crippen MR) is 181 cm³/mol. The Kier molecular flexibility index (Phi) is 6.15. The molecule has 222 valence electrons. The Labute approximate surface area is 269 Å². The molecule has 0 saturated heterocycles. The van der Waals surface area contributed by atoms with Gasteiger partial charge in [-0.25, -0.2) is 15.0 Å². The summed E-state index contributed by atoms with van der Waals surface area (Å²) in [5.41, 5.74) is 8.01. The molecule has 5 nitrogen and oxygen atoms in total. The number of nitriles is 1. The van der Waals surface area contributed by atoms with Gasteiger partial charge in [-0.1, -0.05) is 91.9 Å². The number of rotatable bonds is 5. The van der Waals surface area contributed by atoms with Gasteiger partial charge in [-0.3, -0.25) is 4.98 Å². The molecule has 5 atom stereocenters. The molecule has 5 heteroatoms. The number of aromatic nitrogens is 4. The molecule has 3 saturated carbocycles. The minimum atomic E-state index is 0.308. The van der Waals surface area contributed by atoms with Crippen molar-refractivity contribution in [2.24, 2.45) is 23.7 Å². The molecule has 3 unspecified atom stereocenters. The Balaban J connectivity index is 1.06. The topological polar surface area (TPSA) is 75.3 Å². The number of hydrogen-bond acceptors (Lipinski definition) is 5. The standard InChI is InChI=1S/C41H33N5/c1-41(22-31-20-30-21-32(23-41)36(30)31)33-16-13-26(14-17-33)25-9-11-28(12-10-25)39-44-38(27-6-3-2-4-7-27)45-40(46-39)35-18-15-29(24-42)37-34(35)8-5-19-43-37/h2-19,30-32,36H,20-23H2,1H3/t30?,31-,32+,36?,41?. The van der Waals surface area contributed by atoms with Crippen molar-refractivity contribution in [2.75, 3.05) is 0 Å². The van der Waals surface area contributed by atoms with Gasteiger partial charge in [0.2, 0.25) is 0 Å². The summed E-state index contributed by atoms with van der Waals surface area (Å²) in [7, 11) is 0. The fraction of sp³-hybridized carbons (Fsp3) is 0.244. The van der Waals surface area contributed by atoms with E-state index in [1.165, 1.54) is 42.4 Å². The second-order valence-electron chi connectivity index (χ2n) is 13.8. The SMILES string of the molecule is CC1(c2ccc(-c3ccc(-c4nc(-c5ccccc5)nc(-c5ccc(C#N)c6ncccc56)n4)cc3)cc2)C[C@H]2CC3C[C@@H](C1)C32. The first-order valence-electron chi connectivity index (χ1n) is 16.4. The normalized spacial score (nSPS) is 24.3. The Morgan fingerprint density at radius 1 is 0.630 bits per heavy atom. The van der Waals surface area contributed by atoms with Crippen molar-refractivity contribution in [3.05, 3.63) is 120 Å². The molecule has 0 aliphatic heterocycles. The van der Waals surface area contributed by atoms with Crippen molar-refractivity contribution in [1.29, 1.82) is 5.26 Å². The van der Waals surface area contributed by atoms with Gasteiger partial charge < -0.3 is 0 Å². The lowest BCUT2D eigenvalue weighted by Crippen LogP contribution is -2.58. The van der Waals surface area contributed by atoms with Crippen LogP contribution in [0.3, 0.4) is 0 Å². The van der Waals surface area contributed by atoms with Gasteiger partial charge in [0.15, 0.2) is 17.5 Å². The van der Waals surface area contributed by atoms with E-state index in [-0.39, 0.29) is 0 Å². The second-order valence-corrected chi connectivity index (χ2v) is 13.8. The highest BCUT2D eigenvalue weighted by molar-refractivity contribution is 5.96. The van der Waals surface area contributed by atoms with Gasteiger partial charge in [0, 0.05) is 28.3 Å². The maximum Gasteiger partial charge on any atom is 0.164 e. The van der Waals surface area contributed by atoms with E-state index in [1.807, 2.05) is 48.5 Å². The molecule has 3 aliphatic carbocycles. The van der Waals surface area contributed by atoms with Crippen LogP contribution in [0.25, 0.3) is 56.2 Å². The van der Waals surface area contributed by atoms with Crippen LogP contribution >= 0.6 is 0 Å². The molecule has 0 N–H and O–H groups in total. The minimum Gasteiger partial charge on any atom is -0.255 e. The number of nitrogens with zero attached hydrogens (tertiary/aromatic N) is 5. The minimum absolute atomic E-state index is 0.308. The maximum atomic E-state index is 9.67. The summed E-state index contributed by atoms with van der Waals surface area (Å²) in [4.78, 5) is 19.3. The number of hydrogen-bond donors (Lipinski definition) is 0. The Hall–Kier alpha value is -5.21. The third-order valence-electron chi connectivity index (χ3n) is 11.1. The molecule has 46 heavy (non-hydrogen) atoms. The van der Waals surface area contributed by atoms with Crippen LogP contribution in [0.4, 0.5) is 0 Å². The lowest BCUT2D eigenvalue weighted by Gasteiger charge is -2.65. The fourth-order valence-electron chi connectivity index (χ4n) is 8.86. The molecule has 2 aromatic heterocycles. The van der Waals surface area contributed by atoms with Crippen molar-refractivity contribution in [1.82, 2.24) is 19.9 Å². The van der Waals surface area contributed by atoms with Crippen molar-refractivity contribution in [3.63, 3.8) is 0 Å². The molecule has 2 heterocycles. The number of benzene rings is 4. The molecule has 0 amide bonds. The van der Waals surface area contributed by atoms with Crippen LogP contribution in [0, 0.1) is 35.0 Å². The van der Waals surface area contributed by atoms with Crippen LogP contribution in [0.5, 0.6) is 0 Å². The first kappa shape index (κ1) is 27.1. The maximum absolute atomic E-state index is 9.67. The highest BCUT2D eigenvalue weighted by atomic mass is 15.0. The van der Waals surface area contributed by atoms with Gasteiger partial charge >= 0.3 is 0 Å². The summed E-state index contributed by atoms with van der Waals surface area (Å²) in [6.07, 6.45) is 7.35. The van der Waals surface area contributed by atoms with Gasteiger partial charge in [-0.05, 0) is 89.7 Å². The van der Waals surface area contributed by atoms with E-state index in [1.54, 1.807) is 12.3 Å². The summed E-state index contributed by atoms with van der Waals surface area (Å²) in [6, 6.07) is 37.6. The van der Waals surface area contributed by atoms with Gasteiger partial charge in [-0.15, -0.1) is 0 Å². The van der Waals surface area contributed by atoms with Crippen molar-refractivity contribution in [3.8, 4) is 51.4 Å². The molecule has 4 aromatic carbocycles. The fourth-order valence-corrected chi connectivity index (χ4v) is 8.86. The molecular weight excluding hydrogens is 562 g/mol. The zero-order chi connectivity index (χ0) is 30.8. The molecule has 0 bridgehead atoms. The van der Waals surface area contributed by atoms with Gasteiger partial charge in [0.25, 0.3) is 0 Å². The van der Waals surface area contributed by atoms with Crippen LogP contribution in [0.2, 0.25) is 0 Å². The van der Waals surface area contributed by atoms with E-state index in [2.05, 4.69) is 66.5 Å². The van der Waals surface area contributed by atoms with Crippen LogP contribution in [0.1, 0.15) is 43.7 Å². The van der Waals surface area contributed by atoms with Crippen LogP contribution < -0.4 is 0 Å². The van der Waals surface area contributed by atoms with Crippen LogP contribution in [-0.4, -0.2) is 19.9 Å². The van der Waals surface area contributed by atoms with Crippen molar-refractivity contribution < 1.29 is 0 Å². The lowest BCUT2D eigenvalue weighted by molar-refractivity contribution is -0.141. The van der Waals surface area contributed by atoms with E-state index in [0.29, 0.717) is 34.0 Å². The highest BCUT2D eigenvalue weighted by Gasteiger charge is 2.59. The largest absolute Gasteiger partial charge is 0.255 e. The smallest absolute Gasteiger partial charge is 0.164 e. The molecule has 3 aliphatic rings. The quantitative estimate of drug-likeness (QED) is 0.199. The van der Waals surface area contributed by atoms with Gasteiger partial charge in [-0.2, -0.15) is 5.26 Å². The third-order valence-corrected chi connectivity index (χ3v) is 11.1. The Bertz CT molecular complexity index is 2130. The zero-order valence-corrected chi connectivity index (χ0v) is 25.8. The first-order chi connectivity index (χ1) is 22.6. The molecular formula is C41H33N5.